The first-order chi connectivity index (χ1) is 7.83. The van der Waals surface area contributed by atoms with Gasteiger partial charge in [-0.25, -0.2) is 9.73 Å². The standard InChI is InChI=1S/C12H11N2OP/c1-15-10-7-5-9(6-8-10)11-3-2-4-12(13-11)14-16/h2-8,16H,1H3. The van der Waals surface area contributed by atoms with E-state index in [1.807, 2.05) is 42.5 Å². The molecular formula is C12H11N2OP. The van der Waals surface area contributed by atoms with Gasteiger partial charge in [-0.2, -0.15) is 0 Å². The molecule has 1 aromatic heterocycles. The van der Waals surface area contributed by atoms with E-state index < -0.39 is 0 Å². The van der Waals surface area contributed by atoms with E-state index in [0.717, 1.165) is 17.0 Å². The monoisotopic (exact) mass is 230 g/mol. The van der Waals surface area contributed by atoms with Gasteiger partial charge in [-0.3, -0.25) is 0 Å². The van der Waals surface area contributed by atoms with Crippen LogP contribution in [0.5, 0.6) is 5.75 Å². The van der Waals surface area contributed by atoms with Crippen LogP contribution in [0, 0.1) is 0 Å². The van der Waals surface area contributed by atoms with Gasteiger partial charge in [0.1, 0.15) is 5.75 Å². The maximum absolute atomic E-state index is 5.10. The van der Waals surface area contributed by atoms with Gasteiger partial charge in [-0.15, -0.1) is 0 Å². The van der Waals surface area contributed by atoms with Gasteiger partial charge in [0.25, 0.3) is 0 Å². The Morgan fingerprint density at radius 2 is 1.88 bits per heavy atom. The molecule has 80 valence electrons. The smallest absolute Gasteiger partial charge is 0.156 e. The van der Waals surface area contributed by atoms with Crippen LogP contribution in [0.3, 0.4) is 0 Å². The Morgan fingerprint density at radius 1 is 1.12 bits per heavy atom. The van der Waals surface area contributed by atoms with Crippen LogP contribution < -0.4 is 4.74 Å². The topological polar surface area (TPSA) is 34.5 Å². The summed E-state index contributed by atoms with van der Waals surface area (Å²) in [5.74, 6) is 1.50. The molecule has 0 radical (unpaired) electrons. The molecule has 0 N–H and O–H groups in total. The second kappa shape index (κ2) is 4.86. The van der Waals surface area contributed by atoms with Crippen LogP contribution in [-0.2, 0) is 0 Å². The van der Waals surface area contributed by atoms with Crippen molar-refractivity contribution in [1.82, 2.24) is 4.98 Å². The van der Waals surface area contributed by atoms with Crippen molar-refractivity contribution in [1.29, 1.82) is 0 Å². The third-order valence-corrected chi connectivity index (χ3v) is 2.46. The highest BCUT2D eigenvalue weighted by atomic mass is 31.0. The van der Waals surface area contributed by atoms with Crippen molar-refractivity contribution in [3.05, 3.63) is 42.5 Å². The predicted octanol–water partition coefficient (Wildman–Crippen LogP) is 3.72. The Hall–Kier alpha value is -1.73. The van der Waals surface area contributed by atoms with Crippen molar-refractivity contribution in [2.45, 2.75) is 0 Å². The minimum absolute atomic E-state index is 0.657. The molecule has 2 rings (SSSR count). The fourth-order valence-electron chi connectivity index (χ4n) is 1.41. The molecule has 4 heteroatoms. The summed E-state index contributed by atoms with van der Waals surface area (Å²) in [6.45, 7) is 0. The highest BCUT2D eigenvalue weighted by Crippen LogP contribution is 2.22. The Bertz CT molecular complexity index is 497. The largest absolute Gasteiger partial charge is 0.497 e. The zero-order valence-corrected chi connectivity index (χ0v) is 9.84. The normalized spacial score (nSPS) is 9.81. The number of hydrogen-bond acceptors (Lipinski definition) is 3. The van der Waals surface area contributed by atoms with Crippen molar-refractivity contribution < 1.29 is 4.74 Å². The maximum Gasteiger partial charge on any atom is 0.156 e. The van der Waals surface area contributed by atoms with E-state index >= 15 is 0 Å². The van der Waals surface area contributed by atoms with Gasteiger partial charge in [0.2, 0.25) is 0 Å². The fraction of sp³-hybridized carbons (Fsp3) is 0.0833. The highest BCUT2D eigenvalue weighted by molar-refractivity contribution is 7.04. The minimum atomic E-state index is 0.657. The molecule has 0 unspecified atom stereocenters. The Balaban J connectivity index is 2.38. The van der Waals surface area contributed by atoms with Crippen LogP contribution in [0.4, 0.5) is 5.82 Å². The van der Waals surface area contributed by atoms with E-state index in [1.165, 1.54) is 0 Å². The van der Waals surface area contributed by atoms with Gasteiger partial charge in [0.05, 0.1) is 12.8 Å². The SMILES string of the molecule is COc1ccc(-c2cccc(N=P)n2)cc1. The predicted molar refractivity (Wildman–Crippen MR) is 66.6 cm³/mol. The van der Waals surface area contributed by atoms with Crippen molar-refractivity contribution >= 4 is 14.8 Å². The summed E-state index contributed by atoms with van der Waals surface area (Å²) < 4.78 is 8.96. The first kappa shape index (κ1) is 10.8. The third-order valence-electron chi connectivity index (χ3n) is 2.23. The van der Waals surface area contributed by atoms with Gasteiger partial charge < -0.3 is 4.74 Å². The van der Waals surface area contributed by atoms with Crippen LogP contribution in [0.15, 0.2) is 47.2 Å². The van der Waals surface area contributed by atoms with E-state index in [0.29, 0.717) is 5.82 Å². The molecule has 0 aliphatic carbocycles. The number of ether oxygens (including phenoxy) is 1. The van der Waals surface area contributed by atoms with E-state index in [1.54, 1.807) is 7.11 Å². The molecule has 16 heavy (non-hydrogen) atoms. The maximum atomic E-state index is 5.10. The molecule has 0 saturated heterocycles. The van der Waals surface area contributed by atoms with Crippen LogP contribution >= 0.6 is 9.03 Å². The quantitative estimate of drug-likeness (QED) is 0.753. The van der Waals surface area contributed by atoms with Crippen molar-refractivity contribution in [2.24, 2.45) is 4.74 Å². The number of hydrogen-bond donors (Lipinski definition) is 0. The van der Waals surface area contributed by atoms with Gasteiger partial charge >= 0.3 is 0 Å². The number of aromatic nitrogens is 1. The fourth-order valence-corrected chi connectivity index (χ4v) is 1.53. The van der Waals surface area contributed by atoms with Crippen molar-refractivity contribution in [2.75, 3.05) is 7.11 Å². The second-order valence-corrected chi connectivity index (χ2v) is 3.44. The molecular weight excluding hydrogens is 219 g/mol. The molecule has 3 nitrogen and oxygen atoms in total. The summed E-state index contributed by atoms with van der Waals surface area (Å²) in [5, 5.41) is 0. The van der Waals surface area contributed by atoms with E-state index in [-0.39, 0.29) is 0 Å². The van der Waals surface area contributed by atoms with Crippen LogP contribution in [0.25, 0.3) is 11.3 Å². The van der Waals surface area contributed by atoms with Crippen molar-refractivity contribution in [3.63, 3.8) is 0 Å². The molecule has 1 heterocycles. The number of pyridine rings is 1. The number of methoxy groups -OCH3 is 1. The lowest BCUT2D eigenvalue weighted by atomic mass is 10.1. The average Bonchev–Trinajstić information content (AvgIpc) is 2.39. The first-order valence-electron chi connectivity index (χ1n) is 4.82. The summed E-state index contributed by atoms with van der Waals surface area (Å²) in [7, 11) is 4.73. The number of rotatable bonds is 3. The Morgan fingerprint density at radius 3 is 2.50 bits per heavy atom. The molecule has 2 aromatic rings. The van der Waals surface area contributed by atoms with Gasteiger partial charge in [0.15, 0.2) is 5.82 Å². The van der Waals surface area contributed by atoms with Gasteiger partial charge in [0, 0.05) is 5.56 Å². The molecule has 0 bridgehead atoms. The lowest BCUT2D eigenvalue weighted by molar-refractivity contribution is 0.415. The molecule has 0 spiro atoms. The number of nitrogens with zero attached hydrogens (tertiary/aromatic N) is 2. The molecule has 0 aliphatic heterocycles. The van der Waals surface area contributed by atoms with E-state index in [4.69, 9.17) is 4.74 Å². The Labute approximate surface area is 96.4 Å². The molecule has 0 atom stereocenters. The van der Waals surface area contributed by atoms with Crippen LogP contribution in [0.2, 0.25) is 0 Å². The molecule has 0 saturated carbocycles. The first-order valence-corrected chi connectivity index (χ1v) is 5.27. The van der Waals surface area contributed by atoms with Crippen LogP contribution in [0.1, 0.15) is 0 Å². The lowest BCUT2D eigenvalue weighted by Gasteiger charge is -2.03. The molecule has 1 aromatic carbocycles. The lowest BCUT2D eigenvalue weighted by Crippen LogP contribution is -1.84. The average molecular weight is 230 g/mol. The minimum Gasteiger partial charge on any atom is -0.497 e. The Kier molecular flexibility index (Phi) is 3.28. The summed E-state index contributed by atoms with van der Waals surface area (Å²) in [6, 6.07) is 13.5. The summed E-state index contributed by atoms with van der Waals surface area (Å²) in [5.41, 5.74) is 1.93. The molecule has 0 amide bonds. The molecule has 0 fully saturated rings. The number of benzene rings is 1. The summed E-state index contributed by atoms with van der Waals surface area (Å²) in [4.78, 5) is 4.36. The second-order valence-electron chi connectivity index (χ2n) is 3.22. The zero-order valence-electron chi connectivity index (χ0n) is 8.84. The van der Waals surface area contributed by atoms with Gasteiger partial charge in [-0.1, -0.05) is 6.07 Å². The van der Waals surface area contributed by atoms with Gasteiger partial charge in [-0.05, 0) is 45.4 Å². The third kappa shape index (κ3) is 2.26. The highest BCUT2D eigenvalue weighted by Gasteiger charge is 2.00. The van der Waals surface area contributed by atoms with E-state index in [9.17, 15) is 0 Å². The zero-order chi connectivity index (χ0) is 11.4. The van der Waals surface area contributed by atoms with E-state index in [2.05, 4.69) is 18.8 Å². The summed E-state index contributed by atoms with van der Waals surface area (Å²) >= 11 is 0. The van der Waals surface area contributed by atoms with Crippen molar-refractivity contribution in [3.8, 4) is 17.0 Å². The van der Waals surface area contributed by atoms with Crippen LogP contribution in [-0.4, -0.2) is 12.1 Å². The summed E-state index contributed by atoms with van der Waals surface area (Å²) in [6.07, 6.45) is 0. The molecule has 0 aliphatic rings.